The van der Waals surface area contributed by atoms with E-state index in [0.717, 1.165) is 18.6 Å². The van der Waals surface area contributed by atoms with Crippen molar-refractivity contribution in [2.45, 2.75) is 50.4 Å². The van der Waals surface area contributed by atoms with Crippen molar-refractivity contribution in [1.82, 2.24) is 4.90 Å². The molecule has 32 heavy (non-hydrogen) atoms. The molecule has 0 bridgehead atoms. The molecule has 2 atom stereocenters. The van der Waals surface area contributed by atoms with Gasteiger partial charge in [0, 0.05) is 29.8 Å². The average molecular weight is 454 g/mol. The van der Waals surface area contributed by atoms with Gasteiger partial charge in [0.05, 0.1) is 11.6 Å². The molecule has 0 saturated carbocycles. The third-order valence-electron chi connectivity index (χ3n) is 5.44. The Hall–Kier alpha value is -2.92. The van der Waals surface area contributed by atoms with E-state index in [2.05, 4.69) is 5.32 Å². The van der Waals surface area contributed by atoms with Crippen molar-refractivity contribution >= 4 is 28.5 Å². The molecule has 1 aromatic carbocycles. The Morgan fingerprint density at radius 1 is 1.25 bits per heavy atom. The molecule has 0 radical (unpaired) electrons. The molecule has 1 aromatic heterocycles. The van der Waals surface area contributed by atoms with Crippen LogP contribution in [0.2, 0.25) is 0 Å². The Balaban J connectivity index is 1.76. The summed E-state index contributed by atoms with van der Waals surface area (Å²) in [5.74, 6) is -0.808. The standard InChI is InChI=1S/C21H25F3N4O4/c22-21(23,24)14-11-18(29)32-17-10-12(6-7-13(14)17)27-19(30)16-5-3-9-28(16)20(31)15(26)4-1-2-8-25/h6-7,10-11,15-16H,1-5,8-9,25-26H2,(H,27,30). The summed E-state index contributed by atoms with van der Waals surface area (Å²) in [4.78, 5) is 38.5. The predicted molar refractivity (Wildman–Crippen MR) is 112 cm³/mol. The molecule has 3 rings (SSSR count). The van der Waals surface area contributed by atoms with Gasteiger partial charge in [-0.1, -0.05) is 6.42 Å². The Morgan fingerprint density at radius 2 is 2.00 bits per heavy atom. The molecule has 2 aromatic rings. The number of fused-ring (bicyclic) bond motifs is 1. The number of amides is 2. The van der Waals surface area contributed by atoms with Gasteiger partial charge >= 0.3 is 11.8 Å². The normalized spacial score (nSPS) is 17.5. The first-order valence-corrected chi connectivity index (χ1v) is 10.3. The number of nitrogens with two attached hydrogens (primary N) is 2. The number of nitrogens with one attached hydrogen (secondary N) is 1. The van der Waals surface area contributed by atoms with E-state index in [1.54, 1.807) is 0 Å². The molecule has 0 aliphatic carbocycles. The minimum atomic E-state index is -4.73. The van der Waals surface area contributed by atoms with Gasteiger partial charge in [0.15, 0.2) is 0 Å². The van der Waals surface area contributed by atoms with Gasteiger partial charge in [-0.25, -0.2) is 4.79 Å². The highest BCUT2D eigenvalue weighted by molar-refractivity contribution is 5.99. The summed E-state index contributed by atoms with van der Waals surface area (Å²) >= 11 is 0. The number of rotatable bonds is 7. The molecule has 2 amide bonds. The number of likely N-dealkylation sites (tertiary alicyclic amines) is 1. The number of hydrogen-bond acceptors (Lipinski definition) is 6. The number of unbranched alkanes of at least 4 members (excludes halogenated alkanes) is 1. The summed E-state index contributed by atoms with van der Waals surface area (Å²) in [6, 6.07) is 2.48. The molecule has 1 aliphatic heterocycles. The van der Waals surface area contributed by atoms with Crippen LogP contribution in [0.4, 0.5) is 18.9 Å². The number of halogens is 3. The minimum absolute atomic E-state index is 0.150. The van der Waals surface area contributed by atoms with Crippen LogP contribution in [0.1, 0.15) is 37.7 Å². The zero-order valence-corrected chi connectivity index (χ0v) is 17.3. The van der Waals surface area contributed by atoms with Gasteiger partial charge in [-0.05, 0) is 44.4 Å². The van der Waals surface area contributed by atoms with E-state index in [4.69, 9.17) is 15.9 Å². The Labute approximate surface area is 181 Å². The summed E-state index contributed by atoms with van der Waals surface area (Å²) in [6.45, 7) is 0.898. The highest BCUT2D eigenvalue weighted by atomic mass is 19.4. The number of hydrogen-bond donors (Lipinski definition) is 3. The number of carbonyl (C=O) groups is 2. The zero-order valence-electron chi connectivity index (χ0n) is 17.3. The third-order valence-corrected chi connectivity index (χ3v) is 5.44. The molecular formula is C21H25F3N4O4. The Kier molecular flexibility index (Phi) is 7.19. The number of alkyl halides is 3. The van der Waals surface area contributed by atoms with Crippen LogP contribution in [0.5, 0.6) is 0 Å². The van der Waals surface area contributed by atoms with Crippen molar-refractivity contribution < 1.29 is 27.2 Å². The quantitative estimate of drug-likeness (QED) is 0.434. The second-order valence-electron chi connectivity index (χ2n) is 7.76. The lowest BCUT2D eigenvalue weighted by Crippen LogP contribution is -2.49. The lowest BCUT2D eigenvalue weighted by atomic mass is 10.1. The van der Waals surface area contributed by atoms with Crippen LogP contribution < -0.4 is 22.4 Å². The molecular weight excluding hydrogens is 429 g/mol. The van der Waals surface area contributed by atoms with Gasteiger partial charge in [0.25, 0.3) is 0 Å². The fourth-order valence-corrected chi connectivity index (χ4v) is 3.85. The fraction of sp³-hybridized carbons (Fsp3) is 0.476. The van der Waals surface area contributed by atoms with E-state index in [1.807, 2.05) is 0 Å². The third kappa shape index (κ3) is 5.28. The van der Waals surface area contributed by atoms with Crippen molar-refractivity contribution in [3.8, 4) is 0 Å². The summed E-state index contributed by atoms with van der Waals surface area (Å²) in [5.41, 5.74) is 9.02. The van der Waals surface area contributed by atoms with Gasteiger partial charge in [0.1, 0.15) is 11.6 Å². The second-order valence-corrected chi connectivity index (χ2v) is 7.76. The molecule has 174 valence electrons. The highest BCUT2D eigenvalue weighted by Crippen LogP contribution is 2.34. The fourth-order valence-electron chi connectivity index (χ4n) is 3.85. The maximum atomic E-state index is 13.2. The van der Waals surface area contributed by atoms with E-state index < -0.39 is 35.4 Å². The van der Waals surface area contributed by atoms with Gasteiger partial charge in [0.2, 0.25) is 11.8 Å². The molecule has 1 aliphatic rings. The van der Waals surface area contributed by atoms with Crippen LogP contribution in [0.25, 0.3) is 11.0 Å². The van der Waals surface area contributed by atoms with Gasteiger partial charge in [-0.3, -0.25) is 9.59 Å². The van der Waals surface area contributed by atoms with Crippen molar-refractivity contribution in [3.63, 3.8) is 0 Å². The lowest BCUT2D eigenvalue weighted by Gasteiger charge is -2.26. The zero-order chi connectivity index (χ0) is 23.5. The molecule has 8 nitrogen and oxygen atoms in total. The summed E-state index contributed by atoms with van der Waals surface area (Å²) in [6.07, 6.45) is -1.75. The first kappa shape index (κ1) is 23.7. The molecule has 1 fully saturated rings. The number of anilines is 1. The molecule has 1 saturated heterocycles. The maximum Gasteiger partial charge on any atom is 0.417 e. The number of nitrogens with zero attached hydrogens (tertiary/aromatic N) is 1. The first-order chi connectivity index (χ1) is 15.1. The van der Waals surface area contributed by atoms with E-state index in [0.29, 0.717) is 44.8 Å². The summed E-state index contributed by atoms with van der Waals surface area (Å²) in [5, 5.41) is 2.30. The minimum Gasteiger partial charge on any atom is -0.423 e. The predicted octanol–water partition coefficient (Wildman–Crippen LogP) is 2.20. The SMILES string of the molecule is NCCCCC(N)C(=O)N1CCCC1C(=O)Nc1ccc2c(C(F)(F)F)cc(=O)oc2c1. The molecule has 2 unspecified atom stereocenters. The number of carbonyl (C=O) groups excluding carboxylic acids is 2. The van der Waals surface area contributed by atoms with Gasteiger partial charge in [-0.15, -0.1) is 0 Å². The lowest BCUT2D eigenvalue weighted by molar-refractivity contribution is -0.137. The molecule has 11 heteroatoms. The molecule has 5 N–H and O–H groups in total. The van der Waals surface area contributed by atoms with Crippen molar-refractivity contribution in [2.24, 2.45) is 11.5 Å². The van der Waals surface area contributed by atoms with Crippen LogP contribution in [0.3, 0.4) is 0 Å². The van der Waals surface area contributed by atoms with Crippen LogP contribution >= 0.6 is 0 Å². The van der Waals surface area contributed by atoms with Crippen LogP contribution in [-0.4, -0.2) is 41.9 Å². The summed E-state index contributed by atoms with van der Waals surface area (Å²) < 4.78 is 44.5. The van der Waals surface area contributed by atoms with Crippen molar-refractivity contribution in [2.75, 3.05) is 18.4 Å². The van der Waals surface area contributed by atoms with Gasteiger partial charge < -0.3 is 26.1 Å². The Bertz CT molecular complexity index is 1050. The van der Waals surface area contributed by atoms with E-state index in [9.17, 15) is 27.6 Å². The largest absolute Gasteiger partial charge is 0.423 e. The van der Waals surface area contributed by atoms with Crippen molar-refractivity contribution in [1.29, 1.82) is 0 Å². The number of benzene rings is 1. The average Bonchev–Trinajstić information content (AvgIpc) is 3.21. The Morgan fingerprint density at radius 3 is 2.69 bits per heavy atom. The van der Waals surface area contributed by atoms with Crippen molar-refractivity contribution in [3.05, 3.63) is 40.2 Å². The van der Waals surface area contributed by atoms with Crippen LogP contribution in [0.15, 0.2) is 33.5 Å². The highest BCUT2D eigenvalue weighted by Gasteiger charge is 2.36. The van der Waals surface area contributed by atoms with Crippen LogP contribution in [-0.2, 0) is 15.8 Å². The van der Waals surface area contributed by atoms with E-state index in [1.165, 1.54) is 11.0 Å². The monoisotopic (exact) mass is 454 g/mol. The van der Waals surface area contributed by atoms with Gasteiger partial charge in [-0.2, -0.15) is 13.2 Å². The van der Waals surface area contributed by atoms with E-state index in [-0.39, 0.29) is 22.6 Å². The maximum absolute atomic E-state index is 13.2. The van der Waals surface area contributed by atoms with Crippen LogP contribution in [0, 0.1) is 0 Å². The molecule has 0 spiro atoms. The summed E-state index contributed by atoms with van der Waals surface area (Å²) in [7, 11) is 0. The van der Waals surface area contributed by atoms with E-state index >= 15 is 0 Å². The topological polar surface area (TPSA) is 132 Å². The molecule has 2 heterocycles. The first-order valence-electron chi connectivity index (χ1n) is 10.3. The smallest absolute Gasteiger partial charge is 0.417 e. The second kappa shape index (κ2) is 9.70.